The minimum Gasteiger partial charge on any atom is -0.392 e. The molecular formula is C14H10F4O. The van der Waals surface area contributed by atoms with E-state index in [2.05, 4.69) is 0 Å². The van der Waals surface area contributed by atoms with Crippen molar-refractivity contribution in [2.45, 2.75) is 12.8 Å². The first-order chi connectivity index (χ1) is 8.95. The van der Waals surface area contributed by atoms with E-state index < -0.39 is 24.2 Å². The molecule has 0 radical (unpaired) electrons. The number of hydrogen-bond donors (Lipinski definition) is 1. The molecule has 0 saturated heterocycles. The van der Waals surface area contributed by atoms with Crippen molar-refractivity contribution in [1.29, 1.82) is 0 Å². The van der Waals surface area contributed by atoms with E-state index in [4.69, 9.17) is 0 Å². The summed E-state index contributed by atoms with van der Waals surface area (Å²) >= 11 is 0. The summed E-state index contributed by atoms with van der Waals surface area (Å²) in [4.78, 5) is 0. The fourth-order valence-electron chi connectivity index (χ4n) is 1.95. The quantitative estimate of drug-likeness (QED) is 0.818. The van der Waals surface area contributed by atoms with E-state index in [1.807, 2.05) is 0 Å². The van der Waals surface area contributed by atoms with Gasteiger partial charge >= 0.3 is 6.18 Å². The highest BCUT2D eigenvalue weighted by atomic mass is 19.4. The van der Waals surface area contributed by atoms with E-state index in [-0.39, 0.29) is 16.7 Å². The number of aliphatic hydroxyl groups is 1. The molecule has 100 valence electrons. The molecule has 0 aromatic heterocycles. The van der Waals surface area contributed by atoms with E-state index in [9.17, 15) is 22.7 Å². The van der Waals surface area contributed by atoms with Gasteiger partial charge in [0, 0.05) is 5.56 Å². The van der Waals surface area contributed by atoms with Gasteiger partial charge in [0.2, 0.25) is 0 Å². The highest BCUT2D eigenvalue weighted by molar-refractivity contribution is 5.69. The van der Waals surface area contributed by atoms with E-state index >= 15 is 0 Å². The maximum absolute atomic E-state index is 13.7. The zero-order chi connectivity index (χ0) is 14.0. The van der Waals surface area contributed by atoms with E-state index in [0.717, 1.165) is 12.1 Å². The van der Waals surface area contributed by atoms with Gasteiger partial charge in [0.05, 0.1) is 12.2 Å². The first-order valence-corrected chi connectivity index (χ1v) is 5.50. The fourth-order valence-corrected chi connectivity index (χ4v) is 1.95. The third kappa shape index (κ3) is 2.61. The van der Waals surface area contributed by atoms with Gasteiger partial charge in [-0.25, -0.2) is 4.39 Å². The van der Waals surface area contributed by atoms with Crippen LogP contribution < -0.4 is 0 Å². The SMILES string of the molecule is OCc1c(-c2ccccc2F)cccc1C(F)(F)F. The van der Waals surface area contributed by atoms with Crippen molar-refractivity contribution >= 4 is 0 Å². The molecule has 1 N–H and O–H groups in total. The molecule has 19 heavy (non-hydrogen) atoms. The van der Waals surface area contributed by atoms with Gasteiger partial charge in [-0.05, 0) is 23.3 Å². The maximum Gasteiger partial charge on any atom is 0.416 e. The Bertz CT molecular complexity index is 590. The smallest absolute Gasteiger partial charge is 0.392 e. The van der Waals surface area contributed by atoms with Crippen molar-refractivity contribution < 1.29 is 22.7 Å². The molecule has 2 aromatic carbocycles. The summed E-state index contributed by atoms with van der Waals surface area (Å²) in [6, 6.07) is 8.95. The molecular weight excluding hydrogens is 260 g/mol. The Kier molecular flexibility index (Phi) is 3.57. The molecule has 0 aliphatic carbocycles. The lowest BCUT2D eigenvalue weighted by Crippen LogP contribution is -2.10. The Morgan fingerprint density at radius 3 is 2.11 bits per heavy atom. The van der Waals surface area contributed by atoms with Crippen molar-refractivity contribution in [3.05, 3.63) is 59.4 Å². The zero-order valence-electron chi connectivity index (χ0n) is 9.71. The first-order valence-electron chi connectivity index (χ1n) is 5.50. The number of hydrogen-bond acceptors (Lipinski definition) is 1. The van der Waals surface area contributed by atoms with Crippen LogP contribution in [-0.4, -0.2) is 5.11 Å². The van der Waals surface area contributed by atoms with Crippen LogP contribution in [0, 0.1) is 5.82 Å². The van der Waals surface area contributed by atoms with Crippen molar-refractivity contribution in [1.82, 2.24) is 0 Å². The van der Waals surface area contributed by atoms with Crippen LogP contribution in [0.4, 0.5) is 17.6 Å². The molecule has 1 nitrogen and oxygen atoms in total. The molecule has 0 heterocycles. The third-order valence-corrected chi connectivity index (χ3v) is 2.80. The van der Waals surface area contributed by atoms with Crippen LogP contribution in [0.2, 0.25) is 0 Å². The highest BCUT2D eigenvalue weighted by Gasteiger charge is 2.34. The van der Waals surface area contributed by atoms with Gasteiger partial charge in [-0.3, -0.25) is 0 Å². The molecule has 0 fully saturated rings. The Morgan fingerprint density at radius 2 is 1.53 bits per heavy atom. The predicted octanol–water partition coefficient (Wildman–Crippen LogP) is 4.00. The molecule has 0 bridgehead atoms. The third-order valence-electron chi connectivity index (χ3n) is 2.80. The average molecular weight is 270 g/mol. The van der Waals surface area contributed by atoms with Gasteiger partial charge in [-0.2, -0.15) is 13.2 Å². The number of alkyl halides is 3. The average Bonchev–Trinajstić information content (AvgIpc) is 2.37. The standard InChI is InChI=1S/C14H10F4O/c15-13-7-2-1-4-10(13)9-5-3-6-12(11(9)8-19)14(16,17)18/h1-7,19H,8H2. The molecule has 0 atom stereocenters. The summed E-state index contributed by atoms with van der Waals surface area (Å²) in [5.41, 5.74) is -1.18. The Hall–Kier alpha value is -1.88. The summed E-state index contributed by atoms with van der Waals surface area (Å²) < 4.78 is 52.1. The Labute approximate surface area is 107 Å². The van der Waals surface area contributed by atoms with Crippen LogP contribution in [-0.2, 0) is 12.8 Å². The summed E-state index contributed by atoms with van der Waals surface area (Å²) in [7, 11) is 0. The summed E-state index contributed by atoms with van der Waals surface area (Å²) in [5, 5.41) is 9.19. The lowest BCUT2D eigenvalue weighted by Gasteiger charge is -2.15. The minimum atomic E-state index is -4.58. The molecule has 0 aliphatic rings. The van der Waals surface area contributed by atoms with Crippen molar-refractivity contribution in [2.75, 3.05) is 0 Å². The van der Waals surface area contributed by atoms with E-state index in [0.29, 0.717) is 0 Å². The molecule has 0 spiro atoms. The first kappa shape index (κ1) is 13.5. The second-order valence-corrected chi connectivity index (χ2v) is 3.97. The molecule has 0 amide bonds. The summed E-state index contributed by atoms with van der Waals surface area (Å²) in [6.45, 7) is -0.806. The van der Waals surface area contributed by atoms with Gasteiger partial charge in [0.15, 0.2) is 0 Å². The van der Waals surface area contributed by atoms with Crippen molar-refractivity contribution in [3.8, 4) is 11.1 Å². The summed E-state index contributed by atoms with van der Waals surface area (Å²) in [6.07, 6.45) is -4.58. The van der Waals surface area contributed by atoms with E-state index in [1.54, 1.807) is 0 Å². The topological polar surface area (TPSA) is 20.2 Å². The number of rotatable bonds is 2. The molecule has 0 saturated carbocycles. The van der Waals surface area contributed by atoms with Crippen LogP contribution >= 0.6 is 0 Å². The van der Waals surface area contributed by atoms with Crippen LogP contribution in [0.3, 0.4) is 0 Å². The zero-order valence-corrected chi connectivity index (χ0v) is 9.71. The second kappa shape index (κ2) is 5.01. The maximum atomic E-state index is 13.7. The van der Waals surface area contributed by atoms with Crippen LogP contribution in [0.15, 0.2) is 42.5 Å². The molecule has 0 unspecified atom stereocenters. The monoisotopic (exact) mass is 270 g/mol. The van der Waals surface area contributed by atoms with E-state index in [1.165, 1.54) is 30.3 Å². The predicted molar refractivity (Wildman–Crippen MR) is 62.8 cm³/mol. The Morgan fingerprint density at radius 1 is 0.895 bits per heavy atom. The molecule has 2 aromatic rings. The van der Waals surface area contributed by atoms with Gasteiger partial charge in [0.25, 0.3) is 0 Å². The number of aliphatic hydroxyl groups excluding tert-OH is 1. The lowest BCUT2D eigenvalue weighted by molar-refractivity contribution is -0.138. The number of halogens is 4. The van der Waals surface area contributed by atoms with Crippen LogP contribution in [0.5, 0.6) is 0 Å². The largest absolute Gasteiger partial charge is 0.416 e. The summed E-state index contributed by atoms with van der Waals surface area (Å²) in [5.74, 6) is -0.628. The van der Waals surface area contributed by atoms with Crippen LogP contribution in [0.1, 0.15) is 11.1 Å². The van der Waals surface area contributed by atoms with Gasteiger partial charge in [0.1, 0.15) is 5.82 Å². The molecule has 2 rings (SSSR count). The second-order valence-electron chi connectivity index (χ2n) is 3.97. The van der Waals surface area contributed by atoms with Crippen LogP contribution in [0.25, 0.3) is 11.1 Å². The molecule has 0 aliphatic heterocycles. The van der Waals surface area contributed by atoms with Crippen molar-refractivity contribution in [3.63, 3.8) is 0 Å². The number of benzene rings is 2. The van der Waals surface area contributed by atoms with Gasteiger partial charge in [-0.15, -0.1) is 0 Å². The lowest BCUT2D eigenvalue weighted by atomic mass is 9.95. The van der Waals surface area contributed by atoms with Gasteiger partial charge < -0.3 is 5.11 Å². The normalized spacial score (nSPS) is 11.6. The minimum absolute atomic E-state index is 0.0395. The molecule has 5 heteroatoms. The highest BCUT2D eigenvalue weighted by Crippen LogP contribution is 2.37. The van der Waals surface area contributed by atoms with Gasteiger partial charge in [-0.1, -0.05) is 30.3 Å². The Balaban J connectivity index is 2.69. The van der Waals surface area contributed by atoms with Crippen molar-refractivity contribution in [2.24, 2.45) is 0 Å². The fraction of sp³-hybridized carbons (Fsp3) is 0.143.